The van der Waals surface area contributed by atoms with E-state index in [1.807, 2.05) is 42.5 Å². The molecule has 0 spiro atoms. The fraction of sp³-hybridized carbons (Fsp3) is 0.333. The van der Waals surface area contributed by atoms with E-state index in [0.717, 1.165) is 11.3 Å². The molecule has 0 amide bonds. The van der Waals surface area contributed by atoms with E-state index in [1.165, 1.54) is 69.2 Å². The standard InChI is InChI=1S/C34H41N3.C11H8N.Ir/c1-21(2)23-12-10-13-24(22(3)4)31(23)36-20-37-30-19-26-25(33(5,6)16-17-34(26,7)8)18-29(30)35(9)27-14-11-15-28(36)32(27)37;1-2-6-10(7-3-1)11-8-4-5-9-12-11;/h10-15,18,20-22H,16-17H2,1-9H3;1-6,8-9H;/q-2;-1;+3. The van der Waals surface area contributed by atoms with Crippen molar-refractivity contribution in [3.63, 3.8) is 0 Å². The molecular weight excluding hydrogens is 789 g/mol. The van der Waals surface area contributed by atoms with Crippen molar-refractivity contribution in [1.82, 2.24) is 4.98 Å². The molecule has 0 N–H and O–H groups in total. The van der Waals surface area contributed by atoms with Gasteiger partial charge in [-0.1, -0.05) is 109 Å². The molecule has 3 heterocycles. The van der Waals surface area contributed by atoms with Crippen LogP contribution >= 0.6 is 0 Å². The average Bonchev–Trinajstić information content (AvgIpc) is 3.49. The van der Waals surface area contributed by atoms with Crippen molar-refractivity contribution in [3.05, 3.63) is 132 Å². The molecule has 0 saturated carbocycles. The number of nitrogens with zero attached hydrogens (tertiary/aromatic N) is 4. The summed E-state index contributed by atoms with van der Waals surface area (Å²) >= 11 is 0. The molecule has 4 nitrogen and oxygen atoms in total. The predicted octanol–water partition coefficient (Wildman–Crippen LogP) is 12.1. The van der Waals surface area contributed by atoms with Gasteiger partial charge in [0.2, 0.25) is 0 Å². The Morgan fingerprint density at radius 3 is 2.02 bits per heavy atom. The number of fused-ring (bicyclic) bond motifs is 3. The zero-order valence-corrected chi connectivity index (χ0v) is 33.3. The van der Waals surface area contributed by atoms with Crippen LogP contribution in [0.2, 0.25) is 0 Å². The normalized spacial score (nSPS) is 16.3. The number of hydrogen-bond acceptors (Lipinski definition) is 4. The van der Waals surface area contributed by atoms with Crippen LogP contribution in [0.25, 0.3) is 11.3 Å². The summed E-state index contributed by atoms with van der Waals surface area (Å²) in [5.41, 5.74) is 15.4. The molecule has 2 aliphatic heterocycles. The third kappa shape index (κ3) is 6.18. The van der Waals surface area contributed by atoms with Crippen molar-refractivity contribution >= 4 is 34.1 Å². The summed E-state index contributed by atoms with van der Waals surface area (Å²) in [5, 5.41) is 0. The van der Waals surface area contributed by atoms with Crippen LogP contribution in [-0.4, -0.2) is 12.0 Å². The third-order valence-electron chi connectivity index (χ3n) is 10.7. The summed E-state index contributed by atoms with van der Waals surface area (Å²) in [7, 11) is 2.22. The second-order valence-corrected chi connectivity index (χ2v) is 15.7. The molecule has 5 heteroatoms. The zero-order valence-electron chi connectivity index (χ0n) is 30.9. The van der Waals surface area contributed by atoms with Gasteiger partial charge in [0.25, 0.3) is 0 Å². The molecule has 3 aliphatic rings. The van der Waals surface area contributed by atoms with Gasteiger partial charge in [-0.3, -0.25) is 0 Å². The van der Waals surface area contributed by atoms with Crippen LogP contribution in [0.1, 0.15) is 102 Å². The Hall–Kier alpha value is -3.92. The second kappa shape index (κ2) is 13.7. The Kier molecular flexibility index (Phi) is 9.80. The number of hydrogen-bond donors (Lipinski definition) is 0. The molecule has 8 rings (SSSR count). The summed E-state index contributed by atoms with van der Waals surface area (Å²) < 4.78 is 0. The minimum atomic E-state index is 0. The molecule has 0 fully saturated rings. The Bertz CT molecular complexity index is 1920. The first-order chi connectivity index (χ1) is 23.4. The Morgan fingerprint density at radius 1 is 0.720 bits per heavy atom. The van der Waals surface area contributed by atoms with Crippen molar-refractivity contribution in [2.75, 3.05) is 21.7 Å². The van der Waals surface area contributed by atoms with Gasteiger partial charge in [-0.2, -0.15) is 11.6 Å². The smallest absolute Gasteiger partial charge is 0.490 e. The maximum Gasteiger partial charge on any atom is 3.00 e. The first-order valence-corrected chi connectivity index (χ1v) is 17.8. The summed E-state index contributed by atoms with van der Waals surface area (Å²) in [6.45, 7) is 21.1. The van der Waals surface area contributed by atoms with Crippen molar-refractivity contribution in [2.24, 2.45) is 0 Å². The molecule has 1 aliphatic carbocycles. The maximum absolute atomic E-state index is 4.22. The van der Waals surface area contributed by atoms with Crippen LogP contribution in [0, 0.1) is 18.8 Å². The maximum atomic E-state index is 4.22. The molecule has 0 radical (unpaired) electrons. The van der Waals surface area contributed by atoms with E-state index >= 15 is 0 Å². The first kappa shape index (κ1) is 35.9. The zero-order chi connectivity index (χ0) is 34.7. The van der Waals surface area contributed by atoms with Gasteiger partial charge in [-0.25, -0.2) is 0 Å². The Balaban J connectivity index is 0.000000281. The van der Waals surface area contributed by atoms with E-state index in [9.17, 15) is 0 Å². The number of benzene rings is 4. The van der Waals surface area contributed by atoms with Gasteiger partial charge in [0.15, 0.2) is 0 Å². The van der Waals surface area contributed by atoms with E-state index in [4.69, 9.17) is 0 Å². The van der Waals surface area contributed by atoms with Crippen LogP contribution in [0.15, 0.2) is 91.1 Å². The van der Waals surface area contributed by atoms with Crippen molar-refractivity contribution in [1.29, 1.82) is 0 Å². The molecule has 258 valence electrons. The SMILES string of the molecule is CC(C)c1cccc(C(C)C)c1N1[CH-]N2c3[c-]c4c(cc3N(C)c3cccc1c32)C(C)(C)CCC4(C)C.[Ir+3].[c-]1ccccc1-c1ccccn1. The number of pyridine rings is 1. The van der Waals surface area contributed by atoms with Crippen molar-refractivity contribution in [2.45, 2.75) is 90.9 Å². The fourth-order valence-electron chi connectivity index (χ4n) is 7.73. The molecule has 5 aromatic rings. The molecule has 0 bridgehead atoms. The minimum absolute atomic E-state index is 0. The number of aromatic nitrogens is 1. The summed E-state index contributed by atoms with van der Waals surface area (Å²) in [5.74, 6) is 0.869. The van der Waals surface area contributed by atoms with Crippen molar-refractivity contribution < 1.29 is 20.1 Å². The van der Waals surface area contributed by atoms with Gasteiger partial charge in [0.1, 0.15) is 0 Å². The van der Waals surface area contributed by atoms with Gasteiger partial charge < -0.3 is 19.7 Å². The molecule has 50 heavy (non-hydrogen) atoms. The van der Waals surface area contributed by atoms with E-state index in [0.29, 0.717) is 11.8 Å². The van der Waals surface area contributed by atoms with Crippen LogP contribution in [-0.2, 0) is 30.9 Å². The van der Waals surface area contributed by atoms with Crippen LogP contribution < -0.4 is 14.7 Å². The van der Waals surface area contributed by atoms with E-state index in [1.54, 1.807) is 6.20 Å². The molecule has 0 unspecified atom stereocenters. The van der Waals surface area contributed by atoms with Crippen LogP contribution in [0.3, 0.4) is 0 Å². The van der Waals surface area contributed by atoms with Crippen LogP contribution in [0.5, 0.6) is 0 Å². The molecule has 4 aromatic carbocycles. The van der Waals surface area contributed by atoms with Gasteiger partial charge in [0, 0.05) is 17.6 Å². The number of para-hydroxylation sites is 2. The first-order valence-electron chi connectivity index (χ1n) is 17.8. The quantitative estimate of drug-likeness (QED) is 0.168. The monoisotopic (exact) mass is 838 g/mol. The third-order valence-corrected chi connectivity index (χ3v) is 10.7. The van der Waals surface area contributed by atoms with E-state index in [2.05, 4.69) is 143 Å². The summed E-state index contributed by atoms with van der Waals surface area (Å²) in [6.07, 6.45) is 4.18. The summed E-state index contributed by atoms with van der Waals surface area (Å²) in [6, 6.07) is 36.9. The Morgan fingerprint density at radius 2 is 1.38 bits per heavy atom. The predicted molar refractivity (Wildman–Crippen MR) is 207 cm³/mol. The summed E-state index contributed by atoms with van der Waals surface area (Å²) in [4.78, 5) is 11.5. The van der Waals surface area contributed by atoms with Gasteiger partial charge in [0.05, 0.1) is 11.4 Å². The number of anilines is 6. The number of rotatable bonds is 4. The van der Waals surface area contributed by atoms with Gasteiger partial charge >= 0.3 is 20.1 Å². The fourth-order valence-corrected chi connectivity index (χ4v) is 7.73. The molecule has 1 aromatic heterocycles. The minimum Gasteiger partial charge on any atom is -0.490 e. The second-order valence-electron chi connectivity index (χ2n) is 15.7. The van der Waals surface area contributed by atoms with E-state index in [-0.39, 0.29) is 30.9 Å². The topological polar surface area (TPSA) is 22.6 Å². The molecule has 0 saturated heterocycles. The molecular formula is C45H49IrN4. The van der Waals surface area contributed by atoms with Gasteiger partial charge in [-0.05, 0) is 71.4 Å². The van der Waals surface area contributed by atoms with E-state index < -0.39 is 0 Å². The Labute approximate surface area is 313 Å². The van der Waals surface area contributed by atoms with Gasteiger partial charge in [-0.15, -0.1) is 54.2 Å². The average molecular weight is 838 g/mol. The van der Waals surface area contributed by atoms with Crippen LogP contribution in [0.4, 0.5) is 34.1 Å². The molecule has 0 atom stereocenters. The van der Waals surface area contributed by atoms with Crippen molar-refractivity contribution in [3.8, 4) is 11.3 Å². The largest absolute Gasteiger partial charge is 3.00 e.